The second-order valence-corrected chi connectivity index (χ2v) is 9.91. The van der Waals surface area contributed by atoms with Crippen molar-refractivity contribution in [1.82, 2.24) is 9.88 Å². The van der Waals surface area contributed by atoms with Gasteiger partial charge >= 0.3 is 0 Å². The molecule has 2 aromatic carbocycles. The fraction of sp³-hybridized carbons (Fsp3) is 0.440. The number of nitriles is 1. The first kappa shape index (κ1) is 20.3. The van der Waals surface area contributed by atoms with E-state index < -0.39 is 0 Å². The predicted octanol–water partition coefficient (Wildman–Crippen LogP) is 5.15. The molecule has 0 spiro atoms. The Hall–Kier alpha value is -2.62. The maximum atomic E-state index is 9.96. The summed E-state index contributed by atoms with van der Waals surface area (Å²) in [4.78, 5) is 9.63. The largest absolute Gasteiger partial charge is 0.491 e. The fourth-order valence-electron chi connectivity index (χ4n) is 4.38. The number of para-hydroxylation sites is 1. The van der Waals surface area contributed by atoms with Crippen molar-refractivity contribution in [3.8, 4) is 11.8 Å². The molecule has 31 heavy (non-hydrogen) atoms. The van der Waals surface area contributed by atoms with Gasteiger partial charge in [0.15, 0.2) is 0 Å². The van der Waals surface area contributed by atoms with Crippen molar-refractivity contribution in [1.29, 1.82) is 5.26 Å². The van der Waals surface area contributed by atoms with Crippen LogP contribution in [0.3, 0.4) is 0 Å². The van der Waals surface area contributed by atoms with E-state index in [0.717, 1.165) is 55.2 Å². The molecule has 0 bridgehead atoms. The standard InChI is InChI=1S/C25H28N4OS/c1-17(2)30-19-13-20(18-7-8-18)21(15-26)23(14-19)29-11-9-28(10-12-29)16-25-27-22-5-3-4-6-24(22)31-25/h3-6,13-14,17-18H,7-12,16H2,1-2H3. The number of ether oxygens (including phenoxy) is 1. The fourth-order valence-corrected chi connectivity index (χ4v) is 5.39. The summed E-state index contributed by atoms with van der Waals surface area (Å²) < 4.78 is 7.29. The van der Waals surface area contributed by atoms with E-state index in [9.17, 15) is 5.26 Å². The van der Waals surface area contributed by atoms with Crippen LogP contribution in [0.15, 0.2) is 36.4 Å². The molecule has 3 aromatic rings. The van der Waals surface area contributed by atoms with Gasteiger partial charge in [0.2, 0.25) is 0 Å². The highest BCUT2D eigenvalue weighted by molar-refractivity contribution is 7.18. The molecule has 5 rings (SSSR count). The van der Waals surface area contributed by atoms with E-state index in [1.54, 1.807) is 11.3 Å². The first-order valence-electron chi connectivity index (χ1n) is 11.2. The average Bonchev–Trinajstić information content (AvgIpc) is 3.53. The second-order valence-electron chi connectivity index (χ2n) is 8.80. The van der Waals surface area contributed by atoms with Gasteiger partial charge in [0.1, 0.15) is 16.8 Å². The molecule has 0 radical (unpaired) electrons. The summed E-state index contributed by atoms with van der Waals surface area (Å²) in [6.45, 7) is 8.75. The number of aromatic nitrogens is 1. The van der Waals surface area contributed by atoms with Gasteiger partial charge in [0, 0.05) is 32.2 Å². The van der Waals surface area contributed by atoms with Gasteiger partial charge in [-0.3, -0.25) is 4.90 Å². The molecule has 1 saturated carbocycles. The van der Waals surface area contributed by atoms with Gasteiger partial charge in [0.25, 0.3) is 0 Å². The minimum atomic E-state index is 0.124. The summed E-state index contributed by atoms with van der Waals surface area (Å²) in [7, 11) is 0. The third-order valence-corrected chi connectivity index (χ3v) is 7.05. The van der Waals surface area contributed by atoms with Gasteiger partial charge in [0.05, 0.1) is 34.1 Å². The van der Waals surface area contributed by atoms with Crippen molar-refractivity contribution in [3.05, 3.63) is 52.5 Å². The molecular weight excluding hydrogens is 404 g/mol. The van der Waals surface area contributed by atoms with Gasteiger partial charge in [-0.15, -0.1) is 11.3 Å². The quantitative estimate of drug-likeness (QED) is 0.539. The molecule has 0 atom stereocenters. The SMILES string of the molecule is CC(C)Oc1cc(C2CC2)c(C#N)c(N2CCN(Cc3nc4ccccc4s3)CC2)c1. The Morgan fingerprint density at radius 2 is 1.94 bits per heavy atom. The second kappa shape index (κ2) is 8.49. The van der Waals surface area contributed by atoms with Gasteiger partial charge in [-0.05, 0) is 56.4 Å². The monoisotopic (exact) mass is 432 g/mol. The summed E-state index contributed by atoms with van der Waals surface area (Å²) in [5.74, 6) is 1.41. The Morgan fingerprint density at radius 1 is 1.16 bits per heavy atom. The first-order valence-corrected chi connectivity index (χ1v) is 12.0. The Labute approximate surface area is 187 Å². The molecule has 2 aliphatic rings. The summed E-state index contributed by atoms with van der Waals surface area (Å²) in [6.07, 6.45) is 2.48. The van der Waals surface area contributed by atoms with E-state index >= 15 is 0 Å². The van der Waals surface area contributed by atoms with Crippen molar-refractivity contribution < 1.29 is 4.74 Å². The summed E-state index contributed by atoms with van der Waals surface area (Å²) in [5, 5.41) is 11.1. The van der Waals surface area contributed by atoms with Gasteiger partial charge < -0.3 is 9.64 Å². The lowest BCUT2D eigenvalue weighted by Gasteiger charge is -2.36. The maximum Gasteiger partial charge on any atom is 0.122 e. The third kappa shape index (κ3) is 4.39. The molecule has 1 aliphatic carbocycles. The van der Waals surface area contributed by atoms with E-state index in [2.05, 4.69) is 60.0 Å². The van der Waals surface area contributed by atoms with Crippen molar-refractivity contribution in [3.63, 3.8) is 0 Å². The molecule has 1 aromatic heterocycles. The van der Waals surface area contributed by atoms with Crippen LogP contribution in [-0.4, -0.2) is 42.2 Å². The number of nitrogens with zero attached hydrogens (tertiary/aromatic N) is 4. The van der Waals surface area contributed by atoms with Gasteiger partial charge in [-0.2, -0.15) is 5.26 Å². The number of rotatable bonds is 6. The highest BCUT2D eigenvalue weighted by Gasteiger charge is 2.30. The zero-order chi connectivity index (χ0) is 21.4. The third-order valence-electron chi connectivity index (χ3n) is 6.03. The Balaban J connectivity index is 1.32. The molecule has 0 N–H and O–H groups in total. The minimum absolute atomic E-state index is 0.124. The smallest absolute Gasteiger partial charge is 0.122 e. The molecule has 2 fully saturated rings. The lowest BCUT2D eigenvalue weighted by molar-refractivity contribution is 0.241. The number of piperazine rings is 1. The van der Waals surface area contributed by atoms with Crippen molar-refractivity contribution in [2.75, 3.05) is 31.1 Å². The van der Waals surface area contributed by atoms with Crippen LogP contribution in [0.5, 0.6) is 5.75 Å². The number of benzene rings is 2. The highest BCUT2D eigenvalue weighted by Crippen LogP contribution is 2.45. The zero-order valence-electron chi connectivity index (χ0n) is 18.2. The Kier molecular flexibility index (Phi) is 5.56. The van der Waals surface area contributed by atoms with E-state index in [1.165, 1.54) is 28.1 Å². The van der Waals surface area contributed by atoms with Crippen LogP contribution < -0.4 is 9.64 Å². The van der Waals surface area contributed by atoms with E-state index in [4.69, 9.17) is 9.72 Å². The highest BCUT2D eigenvalue weighted by atomic mass is 32.1. The number of hydrogen-bond donors (Lipinski definition) is 0. The molecular formula is C25H28N4OS. The normalized spacial score (nSPS) is 17.3. The number of anilines is 1. The minimum Gasteiger partial charge on any atom is -0.491 e. The molecule has 1 saturated heterocycles. The van der Waals surface area contributed by atoms with Crippen molar-refractivity contribution in [2.45, 2.75) is 45.3 Å². The lowest BCUT2D eigenvalue weighted by Crippen LogP contribution is -2.46. The van der Waals surface area contributed by atoms with E-state index in [0.29, 0.717) is 5.92 Å². The van der Waals surface area contributed by atoms with E-state index in [-0.39, 0.29) is 6.10 Å². The zero-order valence-corrected chi connectivity index (χ0v) is 19.0. The Morgan fingerprint density at radius 3 is 2.61 bits per heavy atom. The topological polar surface area (TPSA) is 52.4 Å². The summed E-state index contributed by atoms with van der Waals surface area (Å²) >= 11 is 1.79. The molecule has 0 amide bonds. The number of fused-ring (bicyclic) bond motifs is 1. The van der Waals surface area contributed by atoms with Crippen LogP contribution in [0, 0.1) is 11.3 Å². The molecule has 0 unspecified atom stereocenters. The molecule has 6 heteroatoms. The molecule has 160 valence electrons. The van der Waals surface area contributed by atoms with Crippen LogP contribution >= 0.6 is 11.3 Å². The molecule has 1 aliphatic heterocycles. The predicted molar refractivity (Wildman–Crippen MR) is 126 cm³/mol. The summed E-state index contributed by atoms with van der Waals surface area (Å²) in [6, 6.07) is 15.0. The average molecular weight is 433 g/mol. The van der Waals surface area contributed by atoms with Crippen LogP contribution in [0.25, 0.3) is 10.2 Å². The van der Waals surface area contributed by atoms with E-state index in [1.807, 2.05) is 6.07 Å². The van der Waals surface area contributed by atoms with Gasteiger partial charge in [-0.1, -0.05) is 12.1 Å². The first-order chi connectivity index (χ1) is 15.1. The molecule has 5 nitrogen and oxygen atoms in total. The summed E-state index contributed by atoms with van der Waals surface area (Å²) in [5.41, 5.74) is 4.15. The maximum absolute atomic E-state index is 9.96. The lowest BCUT2D eigenvalue weighted by atomic mass is 10.00. The van der Waals surface area contributed by atoms with Crippen LogP contribution in [0.2, 0.25) is 0 Å². The van der Waals surface area contributed by atoms with Gasteiger partial charge in [-0.25, -0.2) is 4.98 Å². The van der Waals surface area contributed by atoms with Crippen molar-refractivity contribution in [2.24, 2.45) is 0 Å². The van der Waals surface area contributed by atoms with Crippen LogP contribution in [0.1, 0.15) is 48.7 Å². The number of thiazole rings is 1. The van der Waals surface area contributed by atoms with Crippen molar-refractivity contribution >= 4 is 27.2 Å². The van der Waals surface area contributed by atoms with Crippen LogP contribution in [-0.2, 0) is 6.54 Å². The molecule has 2 heterocycles. The Bertz CT molecular complexity index is 1090. The van der Waals surface area contributed by atoms with Crippen LogP contribution in [0.4, 0.5) is 5.69 Å². The number of hydrogen-bond acceptors (Lipinski definition) is 6.